The summed E-state index contributed by atoms with van der Waals surface area (Å²) in [6.07, 6.45) is 0.601. The van der Waals surface area contributed by atoms with Gasteiger partial charge in [0.15, 0.2) is 0 Å². The molecule has 0 aliphatic heterocycles. The Morgan fingerprint density at radius 2 is 2.22 bits per heavy atom. The number of aromatic nitrogens is 1. The molecule has 94 valence electrons. The van der Waals surface area contributed by atoms with Gasteiger partial charge in [-0.2, -0.15) is 0 Å². The van der Waals surface area contributed by atoms with Crippen molar-refractivity contribution in [3.8, 4) is 5.75 Å². The first-order valence-electron chi connectivity index (χ1n) is 5.54. The van der Waals surface area contributed by atoms with Crippen LogP contribution in [0.3, 0.4) is 0 Å². The number of nitrogens with zero attached hydrogens (tertiary/aromatic N) is 1. The lowest BCUT2D eigenvalue weighted by molar-refractivity contribution is -0.123. The van der Waals surface area contributed by atoms with Crippen LogP contribution < -0.4 is 10.1 Å². The van der Waals surface area contributed by atoms with Crippen LogP contribution in [0.15, 0.2) is 30.5 Å². The van der Waals surface area contributed by atoms with Gasteiger partial charge in [0.1, 0.15) is 17.4 Å². The lowest BCUT2D eigenvalue weighted by Crippen LogP contribution is -2.24. The molecule has 1 amide bonds. The van der Waals surface area contributed by atoms with Gasteiger partial charge in [0.2, 0.25) is 0 Å². The largest absolute Gasteiger partial charge is 0.494 e. The van der Waals surface area contributed by atoms with Gasteiger partial charge in [-0.15, -0.1) is 0 Å². The molecule has 0 bridgehead atoms. The zero-order valence-corrected chi connectivity index (χ0v) is 10.2. The number of hydrogen-bond donors (Lipinski definition) is 2. The average molecular weight is 246 g/mol. The van der Waals surface area contributed by atoms with E-state index in [1.165, 1.54) is 6.92 Å². The number of nitrogens with one attached hydrogen (secondary N) is 1. The van der Waals surface area contributed by atoms with E-state index in [9.17, 15) is 9.90 Å². The Kier molecular flexibility index (Phi) is 3.43. The second-order valence-electron chi connectivity index (χ2n) is 3.88. The molecule has 18 heavy (non-hydrogen) atoms. The lowest BCUT2D eigenvalue weighted by atomic mass is 10.1. The summed E-state index contributed by atoms with van der Waals surface area (Å²) in [4.78, 5) is 15.7. The molecular formula is C13H14N2O3. The summed E-state index contributed by atoms with van der Waals surface area (Å²) in [5, 5.41) is 12.6. The number of amides is 1. The molecule has 1 unspecified atom stereocenters. The van der Waals surface area contributed by atoms with E-state index < -0.39 is 12.0 Å². The number of ether oxygens (including phenoxy) is 1. The number of aliphatic hydroxyl groups is 1. The predicted octanol–water partition coefficient (Wildman–Crippen LogP) is 1.56. The molecule has 0 spiro atoms. The first kappa shape index (κ1) is 12.3. The van der Waals surface area contributed by atoms with Gasteiger partial charge in [-0.1, -0.05) is 0 Å². The Bertz CT molecular complexity index is 581. The van der Waals surface area contributed by atoms with Crippen LogP contribution in [0.25, 0.3) is 10.9 Å². The molecule has 2 aromatic rings. The maximum Gasteiger partial charge on any atom is 0.252 e. The summed E-state index contributed by atoms with van der Waals surface area (Å²) < 4.78 is 5.21. The number of carbonyl (C=O) groups is 1. The number of pyridine rings is 1. The van der Waals surface area contributed by atoms with Crippen molar-refractivity contribution in [1.29, 1.82) is 0 Å². The highest BCUT2D eigenvalue weighted by molar-refractivity contribution is 6.03. The van der Waals surface area contributed by atoms with E-state index in [1.54, 1.807) is 31.5 Å². The molecular weight excluding hydrogens is 232 g/mol. The molecule has 0 radical (unpaired) electrons. The van der Waals surface area contributed by atoms with Crippen LogP contribution in [0, 0.1) is 0 Å². The minimum atomic E-state index is -1.06. The van der Waals surface area contributed by atoms with Crippen LogP contribution in [0.1, 0.15) is 6.92 Å². The molecule has 5 nitrogen and oxygen atoms in total. The number of carbonyl (C=O) groups excluding carboxylic acids is 1. The Morgan fingerprint density at radius 1 is 1.44 bits per heavy atom. The normalized spacial score (nSPS) is 12.2. The molecule has 0 fully saturated rings. The third-order valence-electron chi connectivity index (χ3n) is 2.59. The highest BCUT2D eigenvalue weighted by atomic mass is 16.5. The minimum Gasteiger partial charge on any atom is -0.494 e. The zero-order chi connectivity index (χ0) is 13.1. The van der Waals surface area contributed by atoms with Crippen LogP contribution in [0.4, 0.5) is 5.69 Å². The maximum absolute atomic E-state index is 11.5. The fraction of sp³-hybridized carbons (Fsp3) is 0.231. The fourth-order valence-corrected chi connectivity index (χ4v) is 1.66. The van der Waals surface area contributed by atoms with Gasteiger partial charge in [0, 0.05) is 11.6 Å². The van der Waals surface area contributed by atoms with Gasteiger partial charge in [0.25, 0.3) is 5.91 Å². The first-order valence-corrected chi connectivity index (χ1v) is 5.54. The van der Waals surface area contributed by atoms with Gasteiger partial charge in [-0.3, -0.25) is 9.78 Å². The number of benzene rings is 1. The SMILES string of the molecule is COc1ccc(NC(=O)C(C)O)c2cccnc12. The van der Waals surface area contributed by atoms with E-state index >= 15 is 0 Å². The predicted molar refractivity (Wildman–Crippen MR) is 68.6 cm³/mol. The molecule has 1 heterocycles. The molecule has 5 heteroatoms. The summed E-state index contributed by atoms with van der Waals surface area (Å²) in [7, 11) is 1.57. The second kappa shape index (κ2) is 5.01. The van der Waals surface area contributed by atoms with Crippen molar-refractivity contribution in [2.45, 2.75) is 13.0 Å². The van der Waals surface area contributed by atoms with Crippen molar-refractivity contribution in [3.63, 3.8) is 0 Å². The van der Waals surface area contributed by atoms with Crippen molar-refractivity contribution < 1.29 is 14.6 Å². The number of hydrogen-bond acceptors (Lipinski definition) is 4. The van der Waals surface area contributed by atoms with Crippen molar-refractivity contribution in [2.24, 2.45) is 0 Å². The topological polar surface area (TPSA) is 71.5 Å². The second-order valence-corrected chi connectivity index (χ2v) is 3.88. The number of fused-ring (bicyclic) bond motifs is 1. The molecule has 0 aliphatic carbocycles. The molecule has 1 aromatic heterocycles. The molecule has 0 saturated carbocycles. The third kappa shape index (κ3) is 2.26. The Labute approximate surface area is 104 Å². The monoisotopic (exact) mass is 246 g/mol. The van der Waals surface area contributed by atoms with Gasteiger partial charge in [-0.05, 0) is 31.2 Å². The van der Waals surface area contributed by atoms with Crippen LogP contribution in [-0.4, -0.2) is 29.2 Å². The van der Waals surface area contributed by atoms with Gasteiger partial charge in [-0.25, -0.2) is 0 Å². The molecule has 0 saturated heterocycles. The smallest absolute Gasteiger partial charge is 0.252 e. The Hall–Kier alpha value is -2.14. The molecule has 1 atom stereocenters. The minimum absolute atomic E-state index is 0.453. The summed E-state index contributed by atoms with van der Waals surface area (Å²) in [6, 6.07) is 7.07. The standard InChI is InChI=1S/C13H14N2O3/c1-8(16)13(17)15-10-5-6-11(18-2)12-9(10)4-3-7-14-12/h3-8,16H,1-2H3,(H,15,17). The van der Waals surface area contributed by atoms with E-state index in [0.29, 0.717) is 17.0 Å². The van der Waals surface area contributed by atoms with Crippen molar-refractivity contribution in [2.75, 3.05) is 12.4 Å². The molecule has 2 N–H and O–H groups in total. The van der Waals surface area contributed by atoms with E-state index in [1.807, 2.05) is 6.07 Å². The fourth-order valence-electron chi connectivity index (χ4n) is 1.66. The van der Waals surface area contributed by atoms with Crippen LogP contribution in [0.2, 0.25) is 0 Å². The van der Waals surface area contributed by atoms with E-state index in [4.69, 9.17) is 4.74 Å². The maximum atomic E-state index is 11.5. The van der Waals surface area contributed by atoms with Crippen LogP contribution in [0.5, 0.6) is 5.75 Å². The number of aliphatic hydroxyl groups excluding tert-OH is 1. The van der Waals surface area contributed by atoms with Crippen molar-refractivity contribution in [3.05, 3.63) is 30.5 Å². The number of anilines is 1. The highest BCUT2D eigenvalue weighted by Crippen LogP contribution is 2.29. The molecule has 2 rings (SSSR count). The number of methoxy groups -OCH3 is 1. The van der Waals surface area contributed by atoms with Crippen LogP contribution in [-0.2, 0) is 4.79 Å². The Balaban J connectivity index is 2.49. The Morgan fingerprint density at radius 3 is 2.89 bits per heavy atom. The van der Waals surface area contributed by atoms with Gasteiger partial charge in [0.05, 0.1) is 12.8 Å². The van der Waals surface area contributed by atoms with E-state index in [0.717, 1.165) is 5.39 Å². The summed E-state index contributed by atoms with van der Waals surface area (Å²) in [5.41, 5.74) is 1.27. The summed E-state index contributed by atoms with van der Waals surface area (Å²) in [5.74, 6) is 0.186. The highest BCUT2D eigenvalue weighted by Gasteiger charge is 2.12. The third-order valence-corrected chi connectivity index (χ3v) is 2.59. The number of rotatable bonds is 3. The average Bonchev–Trinajstić information content (AvgIpc) is 2.39. The van der Waals surface area contributed by atoms with E-state index in [-0.39, 0.29) is 0 Å². The molecule has 0 aliphatic rings. The first-order chi connectivity index (χ1) is 8.63. The van der Waals surface area contributed by atoms with Crippen molar-refractivity contribution >= 4 is 22.5 Å². The molecule has 1 aromatic carbocycles. The van der Waals surface area contributed by atoms with Gasteiger partial charge < -0.3 is 15.2 Å². The lowest BCUT2D eigenvalue weighted by Gasteiger charge is -2.11. The van der Waals surface area contributed by atoms with Crippen LogP contribution >= 0.6 is 0 Å². The summed E-state index contributed by atoms with van der Waals surface area (Å²) >= 11 is 0. The van der Waals surface area contributed by atoms with Gasteiger partial charge >= 0.3 is 0 Å². The quantitative estimate of drug-likeness (QED) is 0.862. The zero-order valence-electron chi connectivity index (χ0n) is 10.2. The summed E-state index contributed by atoms with van der Waals surface area (Å²) in [6.45, 7) is 1.42. The van der Waals surface area contributed by atoms with E-state index in [2.05, 4.69) is 10.3 Å². The van der Waals surface area contributed by atoms with Crippen molar-refractivity contribution in [1.82, 2.24) is 4.98 Å².